The molecule has 2 aliphatic heterocycles. The number of likely N-dealkylation sites (tertiary alicyclic amines) is 1. The second-order valence-electron chi connectivity index (χ2n) is 7.64. The van der Waals surface area contributed by atoms with Gasteiger partial charge in [0.25, 0.3) is 0 Å². The van der Waals surface area contributed by atoms with Crippen molar-refractivity contribution in [2.75, 3.05) is 18.4 Å². The predicted molar refractivity (Wildman–Crippen MR) is 106 cm³/mol. The van der Waals surface area contributed by atoms with Crippen LogP contribution in [-0.4, -0.2) is 33.9 Å². The first-order valence-corrected chi connectivity index (χ1v) is 9.51. The van der Waals surface area contributed by atoms with Gasteiger partial charge in [-0.1, -0.05) is 30.3 Å². The highest BCUT2D eigenvalue weighted by atomic mass is 16.2. The second-order valence-corrected chi connectivity index (χ2v) is 7.64. The van der Waals surface area contributed by atoms with Gasteiger partial charge in [-0.25, -0.2) is 9.97 Å². The number of piperidine rings is 1. The van der Waals surface area contributed by atoms with Crippen molar-refractivity contribution >= 4 is 22.6 Å². The van der Waals surface area contributed by atoms with Gasteiger partial charge >= 0.3 is 0 Å². The largest absolute Gasteiger partial charge is 0.325 e. The number of hydrogen-bond donors (Lipinski definition) is 1. The topological polar surface area (TPSA) is 58.1 Å². The Morgan fingerprint density at radius 1 is 1.07 bits per heavy atom. The standard InChI is InChI=1S/C22H22N4O/c1-15-20(24-19-10-5-4-9-18(19)23-15)13-26-12-6-11-22(14-26)16-7-2-3-8-17(16)25-21(22)27/h2-5,7-10H,6,11-14H2,1H3,(H,25,27)/t22-/m0/s1. The Bertz CT molecular complexity index is 1050. The molecule has 1 amide bonds. The van der Waals surface area contributed by atoms with E-state index in [0.717, 1.165) is 66.1 Å². The fourth-order valence-electron chi connectivity index (χ4n) is 4.54. The summed E-state index contributed by atoms with van der Waals surface area (Å²) >= 11 is 0. The van der Waals surface area contributed by atoms with Crippen molar-refractivity contribution in [1.29, 1.82) is 0 Å². The Hall–Kier alpha value is -2.79. The third kappa shape index (κ3) is 2.61. The summed E-state index contributed by atoms with van der Waals surface area (Å²) in [4.78, 5) is 24.8. The highest BCUT2D eigenvalue weighted by Crippen LogP contribution is 2.43. The first-order valence-electron chi connectivity index (χ1n) is 9.51. The Labute approximate surface area is 158 Å². The summed E-state index contributed by atoms with van der Waals surface area (Å²) < 4.78 is 0. The third-order valence-corrected chi connectivity index (χ3v) is 5.91. The number of nitrogens with zero attached hydrogens (tertiary/aromatic N) is 3. The number of rotatable bonds is 2. The summed E-state index contributed by atoms with van der Waals surface area (Å²) in [5, 5.41) is 3.08. The van der Waals surface area contributed by atoms with Crippen LogP contribution in [0.5, 0.6) is 0 Å². The number of carbonyl (C=O) groups is 1. The minimum absolute atomic E-state index is 0.134. The lowest BCUT2D eigenvalue weighted by atomic mass is 9.75. The summed E-state index contributed by atoms with van der Waals surface area (Å²) in [6.45, 7) is 4.45. The lowest BCUT2D eigenvalue weighted by Crippen LogP contribution is -2.49. The molecule has 0 unspecified atom stereocenters. The van der Waals surface area contributed by atoms with Crippen molar-refractivity contribution in [3.05, 3.63) is 65.5 Å². The number of hydrogen-bond acceptors (Lipinski definition) is 4. The van der Waals surface area contributed by atoms with Gasteiger partial charge in [-0.05, 0) is 50.1 Å². The first-order chi connectivity index (χ1) is 13.2. The van der Waals surface area contributed by atoms with Gasteiger partial charge in [0.1, 0.15) is 0 Å². The van der Waals surface area contributed by atoms with Gasteiger partial charge < -0.3 is 5.32 Å². The number of benzene rings is 2. The Morgan fingerprint density at radius 2 is 1.81 bits per heavy atom. The van der Waals surface area contributed by atoms with Crippen LogP contribution in [0.3, 0.4) is 0 Å². The molecule has 27 heavy (non-hydrogen) atoms. The molecule has 1 fully saturated rings. The Balaban J connectivity index is 1.46. The van der Waals surface area contributed by atoms with E-state index in [2.05, 4.69) is 16.3 Å². The summed E-state index contributed by atoms with van der Waals surface area (Å²) in [5.41, 5.74) is 5.48. The molecule has 136 valence electrons. The van der Waals surface area contributed by atoms with Crippen molar-refractivity contribution in [3.8, 4) is 0 Å². The molecule has 3 heterocycles. The van der Waals surface area contributed by atoms with E-state index in [0.29, 0.717) is 0 Å². The Kier molecular flexibility index (Phi) is 3.72. The van der Waals surface area contributed by atoms with Crippen LogP contribution in [0.25, 0.3) is 11.0 Å². The molecule has 0 aliphatic carbocycles. The van der Waals surface area contributed by atoms with Gasteiger partial charge in [0, 0.05) is 18.8 Å². The minimum Gasteiger partial charge on any atom is -0.325 e. The molecule has 1 atom stereocenters. The average Bonchev–Trinajstić information content (AvgIpc) is 2.94. The molecule has 2 aromatic carbocycles. The molecule has 5 heteroatoms. The zero-order valence-corrected chi connectivity index (χ0v) is 15.4. The van der Waals surface area contributed by atoms with E-state index in [9.17, 15) is 4.79 Å². The average molecular weight is 358 g/mol. The smallest absolute Gasteiger partial charge is 0.236 e. The van der Waals surface area contributed by atoms with Gasteiger partial charge in [0.05, 0.1) is 27.8 Å². The number of fused-ring (bicyclic) bond motifs is 3. The molecular formula is C22H22N4O. The van der Waals surface area contributed by atoms with E-state index >= 15 is 0 Å². The number of carbonyl (C=O) groups excluding carboxylic acids is 1. The molecule has 5 nitrogen and oxygen atoms in total. The second kappa shape index (κ2) is 6.13. The van der Waals surface area contributed by atoms with E-state index in [1.165, 1.54) is 0 Å². The maximum atomic E-state index is 12.9. The van der Waals surface area contributed by atoms with Crippen molar-refractivity contribution in [2.24, 2.45) is 0 Å². The van der Waals surface area contributed by atoms with Gasteiger partial charge in [-0.15, -0.1) is 0 Å². The highest BCUT2D eigenvalue weighted by molar-refractivity contribution is 6.06. The number of aromatic nitrogens is 2. The molecular weight excluding hydrogens is 336 g/mol. The fourth-order valence-corrected chi connectivity index (χ4v) is 4.54. The SMILES string of the molecule is Cc1nc2ccccc2nc1CN1CCC[C@@]2(C1)C(=O)Nc1ccccc12. The molecule has 2 aliphatic rings. The maximum Gasteiger partial charge on any atom is 0.236 e. The van der Waals surface area contributed by atoms with Crippen LogP contribution in [-0.2, 0) is 16.8 Å². The van der Waals surface area contributed by atoms with E-state index in [-0.39, 0.29) is 5.91 Å². The van der Waals surface area contributed by atoms with E-state index < -0.39 is 5.41 Å². The molecule has 0 bridgehead atoms. The summed E-state index contributed by atoms with van der Waals surface area (Å²) in [7, 11) is 0. The van der Waals surface area contributed by atoms with Crippen LogP contribution >= 0.6 is 0 Å². The van der Waals surface area contributed by atoms with Crippen LogP contribution in [0.1, 0.15) is 29.8 Å². The van der Waals surface area contributed by atoms with E-state index in [4.69, 9.17) is 9.97 Å². The number of nitrogens with one attached hydrogen (secondary N) is 1. The summed E-state index contributed by atoms with van der Waals surface area (Å²) in [5.74, 6) is 0.134. The minimum atomic E-state index is -0.437. The Morgan fingerprint density at radius 3 is 2.67 bits per heavy atom. The molecule has 0 saturated carbocycles. The van der Waals surface area contributed by atoms with Crippen molar-refractivity contribution in [3.63, 3.8) is 0 Å². The highest BCUT2D eigenvalue weighted by Gasteiger charge is 2.48. The number of amides is 1. The van der Waals surface area contributed by atoms with Crippen LogP contribution in [0, 0.1) is 6.92 Å². The molecule has 1 N–H and O–H groups in total. The van der Waals surface area contributed by atoms with Crippen LogP contribution < -0.4 is 5.32 Å². The predicted octanol–water partition coefficient (Wildman–Crippen LogP) is 3.42. The molecule has 1 saturated heterocycles. The number of aryl methyl sites for hydroxylation is 1. The third-order valence-electron chi connectivity index (χ3n) is 5.91. The number of anilines is 1. The summed E-state index contributed by atoms with van der Waals surface area (Å²) in [6, 6.07) is 16.1. The zero-order chi connectivity index (χ0) is 18.4. The number of para-hydroxylation sites is 3. The van der Waals surface area contributed by atoms with Crippen molar-refractivity contribution in [2.45, 2.75) is 31.7 Å². The van der Waals surface area contributed by atoms with Crippen LogP contribution in [0.4, 0.5) is 5.69 Å². The molecule has 1 aromatic heterocycles. The van der Waals surface area contributed by atoms with Crippen LogP contribution in [0.2, 0.25) is 0 Å². The van der Waals surface area contributed by atoms with Gasteiger partial charge in [0.2, 0.25) is 5.91 Å². The van der Waals surface area contributed by atoms with Crippen molar-refractivity contribution in [1.82, 2.24) is 14.9 Å². The lowest BCUT2D eigenvalue weighted by Gasteiger charge is -2.39. The molecule has 3 aromatic rings. The van der Waals surface area contributed by atoms with Crippen LogP contribution in [0.15, 0.2) is 48.5 Å². The molecule has 1 spiro atoms. The zero-order valence-electron chi connectivity index (χ0n) is 15.4. The molecule has 0 radical (unpaired) electrons. The van der Waals surface area contributed by atoms with Crippen molar-refractivity contribution < 1.29 is 4.79 Å². The fraction of sp³-hybridized carbons (Fsp3) is 0.318. The summed E-state index contributed by atoms with van der Waals surface area (Å²) in [6.07, 6.45) is 1.90. The van der Waals surface area contributed by atoms with Gasteiger partial charge in [-0.2, -0.15) is 0 Å². The van der Waals surface area contributed by atoms with E-state index in [1.807, 2.05) is 49.4 Å². The monoisotopic (exact) mass is 358 g/mol. The lowest BCUT2D eigenvalue weighted by molar-refractivity contribution is -0.122. The van der Waals surface area contributed by atoms with E-state index in [1.54, 1.807) is 0 Å². The first kappa shape index (κ1) is 16.4. The molecule has 5 rings (SSSR count). The normalized spacial score (nSPS) is 22.2. The van der Waals surface area contributed by atoms with Gasteiger partial charge in [0.15, 0.2) is 0 Å². The van der Waals surface area contributed by atoms with Gasteiger partial charge in [-0.3, -0.25) is 9.69 Å². The maximum absolute atomic E-state index is 12.9. The quantitative estimate of drug-likeness (QED) is 0.763.